The van der Waals surface area contributed by atoms with Crippen LogP contribution in [0.25, 0.3) is 0 Å². The predicted molar refractivity (Wildman–Crippen MR) is 53.0 cm³/mol. The van der Waals surface area contributed by atoms with E-state index >= 15 is 0 Å². The molecule has 0 saturated heterocycles. The van der Waals surface area contributed by atoms with E-state index in [0.717, 1.165) is 10.0 Å². The summed E-state index contributed by atoms with van der Waals surface area (Å²) in [6.07, 6.45) is 0.472. The minimum Gasteiger partial charge on any atom is -0.244 e. The topological polar surface area (TPSA) is 0 Å². The van der Waals surface area contributed by atoms with Crippen LogP contribution in [0.3, 0.4) is 0 Å². The molecule has 0 fully saturated rings. The van der Waals surface area contributed by atoms with Gasteiger partial charge >= 0.3 is 0 Å². The summed E-state index contributed by atoms with van der Waals surface area (Å²) >= 11 is 3.33. The number of hydrogen-bond acceptors (Lipinski definition) is 0. The van der Waals surface area contributed by atoms with Gasteiger partial charge in [-0.2, -0.15) is 0 Å². The Morgan fingerprint density at radius 3 is 2.17 bits per heavy atom. The van der Waals surface area contributed by atoms with Crippen LogP contribution in [0.1, 0.15) is 19.4 Å². The average molecular weight is 231 g/mol. The molecule has 0 aliphatic heterocycles. The SMILES string of the molecule is CC(C)(F)Cc1ccc(Br)cc1. The Bertz CT molecular complexity index is 246. The summed E-state index contributed by atoms with van der Waals surface area (Å²) in [6.45, 7) is 3.18. The molecule has 0 heterocycles. The van der Waals surface area contributed by atoms with E-state index in [1.54, 1.807) is 13.8 Å². The van der Waals surface area contributed by atoms with E-state index in [4.69, 9.17) is 0 Å². The Morgan fingerprint density at radius 2 is 1.75 bits per heavy atom. The van der Waals surface area contributed by atoms with Crippen molar-refractivity contribution in [3.05, 3.63) is 34.3 Å². The van der Waals surface area contributed by atoms with E-state index in [9.17, 15) is 4.39 Å². The lowest BCUT2D eigenvalue weighted by atomic mass is 10.0. The van der Waals surface area contributed by atoms with Crippen molar-refractivity contribution >= 4 is 15.9 Å². The molecule has 1 aromatic carbocycles. The van der Waals surface area contributed by atoms with E-state index in [1.807, 2.05) is 24.3 Å². The molecule has 0 atom stereocenters. The summed E-state index contributed by atoms with van der Waals surface area (Å²) in [5.74, 6) is 0. The zero-order valence-electron chi connectivity index (χ0n) is 7.27. The Morgan fingerprint density at radius 1 is 1.25 bits per heavy atom. The monoisotopic (exact) mass is 230 g/mol. The van der Waals surface area contributed by atoms with Gasteiger partial charge < -0.3 is 0 Å². The summed E-state index contributed by atoms with van der Waals surface area (Å²) in [5.41, 5.74) is -0.0842. The third-order valence-corrected chi connectivity index (χ3v) is 2.07. The Balaban J connectivity index is 2.71. The highest BCUT2D eigenvalue weighted by molar-refractivity contribution is 9.10. The first-order valence-electron chi connectivity index (χ1n) is 3.91. The van der Waals surface area contributed by atoms with Crippen LogP contribution in [0.15, 0.2) is 28.7 Å². The smallest absolute Gasteiger partial charge is 0.109 e. The Hall–Kier alpha value is -0.370. The molecule has 0 aromatic heterocycles. The van der Waals surface area contributed by atoms with E-state index in [1.165, 1.54) is 0 Å². The van der Waals surface area contributed by atoms with Crippen LogP contribution in [0.2, 0.25) is 0 Å². The highest BCUT2D eigenvalue weighted by atomic mass is 79.9. The van der Waals surface area contributed by atoms with Crippen LogP contribution in [0.4, 0.5) is 4.39 Å². The molecule has 1 aromatic rings. The summed E-state index contributed by atoms with van der Waals surface area (Å²) in [4.78, 5) is 0. The predicted octanol–water partition coefficient (Wildman–Crippen LogP) is 3.74. The van der Waals surface area contributed by atoms with Gasteiger partial charge in [-0.1, -0.05) is 28.1 Å². The van der Waals surface area contributed by atoms with Crippen LogP contribution in [-0.2, 0) is 6.42 Å². The molecule has 0 amide bonds. The first-order valence-corrected chi connectivity index (χ1v) is 4.70. The molecule has 1 rings (SSSR count). The quantitative estimate of drug-likeness (QED) is 0.727. The molecule has 0 spiro atoms. The van der Waals surface area contributed by atoms with Crippen LogP contribution in [0, 0.1) is 0 Å². The molecule has 0 nitrogen and oxygen atoms in total. The second kappa shape index (κ2) is 3.56. The van der Waals surface area contributed by atoms with Crippen molar-refractivity contribution in [1.82, 2.24) is 0 Å². The fraction of sp³-hybridized carbons (Fsp3) is 0.400. The highest BCUT2D eigenvalue weighted by Crippen LogP contribution is 2.18. The standard InChI is InChI=1S/C10H12BrF/c1-10(2,12)7-8-3-5-9(11)6-4-8/h3-6H,7H2,1-2H3. The van der Waals surface area contributed by atoms with Gasteiger partial charge in [-0.15, -0.1) is 0 Å². The second-order valence-electron chi connectivity index (χ2n) is 3.52. The number of benzene rings is 1. The van der Waals surface area contributed by atoms with Crippen LogP contribution in [-0.4, -0.2) is 5.67 Å². The van der Waals surface area contributed by atoms with Crippen molar-refractivity contribution in [3.63, 3.8) is 0 Å². The molecule has 12 heavy (non-hydrogen) atoms. The zero-order valence-corrected chi connectivity index (χ0v) is 8.86. The molecule has 0 saturated carbocycles. The number of halogens is 2. The zero-order chi connectivity index (χ0) is 9.19. The molecule has 0 aliphatic rings. The van der Waals surface area contributed by atoms with Crippen LogP contribution in [0.5, 0.6) is 0 Å². The maximum atomic E-state index is 13.2. The normalized spacial score (nSPS) is 11.7. The largest absolute Gasteiger partial charge is 0.244 e. The second-order valence-corrected chi connectivity index (χ2v) is 4.44. The lowest BCUT2D eigenvalue weighted by Crippen LogP contribution is -2.15. The molecule has 66 valence electrons. The molecule has 0 N–H and O–H groups in total. The molecule has 0 radical (unpaired) electrons. The number of hydrogen-bond donors (Lipinski definition) is 0. The van der Waals surface area contributed by atoms with Crippen molar-refractivity contribution in [2.24, 2.45) is 0 Å². The van der Waals surface area contributed by atoms with Gasteiger partial charge in [0.15, 0.2) is 0 Å². The van der Waals surface area contributed by atoms with E-state index in [0.29, 0.717) is 6.42 Å². The molecular formula is C10H12BrF. The number of alkyl halides is 1. The fourth-order valence-corrected chi connectivity index (χ4v) is 1.35. The van der Waals surface area contributed by atoms with Gasteiger partial charge in [-0.3, -0.25) is 0 Å². The van der Waals surface area contributed by atoms with Gasteiger partial charge in [-0.05, 0) is 31.5 Å². The summed E-state index contributed by atoms with van der Waals surface area (Å²) in [6, 6.07) is 7.74. The van der Waals surface area contributed by atoms with Crippen LogP contribution < -0.4 is 0 Å². The maximum absolute atomic E-state index is 13.2. The summed E-state index contributed by atoms with van der Waals surface area (Å²) in [7, 11) is 0. The minimum atomic E-state index is -1.12. The summed E-state index contributed by atoms with van der Waals surface area (Å²) in [5, 5.41) is 0. The minimum absolute atomic E-state index is 0.472. The van der Waals surface area contributed by atoms with Crippen LogP contribution >= 0.6 is 15.9 Å². The molecule has 0 bridgehead atoms. The average Bonchev–Trinajstić information content (AvgIpc) is 1.91. The first-order chi connectivity index (χ1) is 5.47. The van der Waals surface area contributed by atoms with Gasteiger partial charge in [-0.25, -0.2) is 4.39 Å². The molecular weight excluding hydrogens is 219 g/mol. The third kappa shape index (κ3) is 3.35. The highest BCUT2D eigenvalue weighted by Gasteiger charge is 2.15. The van der Waals surface area contributed by atoms with E-state index < -0.39 is 5.67 Å². The van der Waals surface area contributed by atoms with Crippen molar-refractivity contribution in [1.29, 1.82) is 0 Å². The summed E-state index contributed by atoms with van der Waals surface area (Å²) < 4.78 is 14.2. The van der Waals surface area contributed by atoms with Crippen molar-refractivity contribution in [2.45, 2.75) is 25.9 Å². The third-order valence-electron chi connectivity index (χ3n) is 1.54. The molecule has 0 aliphatic carbocycles. The van der Waals surface area contributed by atoms with Crippen molar-refractivity contribution in [3.8, 4) is 0 Å². The maximum Gasteiger partial charge on any atom is 0.109 e. The Kier molecular flexibility index (Phi) is 2.89. The van der Waals surface area contributed by atoms with Crippen molar-refractivity contribution in [2.75, 3.05) is 0 Å². The van der Waals surface area contributed by atoms with E-state index in [2.05, 4.69) is 15.9 Å². The van der Waals surface area contributed by atoms with Gasteiger partial charge in [0.2, 0.25) is 0 Å². The van der Waals surface area contributed by atoms with E-state index in [-0.39, 0.29) is 0 Å². The van der Waals surface area contributed by atoms with Gasteiger partial charge in [0.1, 0.15) is 5.67 Å². The van der Waals surface area contributed by atoms with Gasteiger partial charge in [0.05, 0.1) is 0 Å². The number of rotatable bonds is 2. The lowest BCUT2D eigenvalue weighted by Gasteiger charge is -2.13. The van der Waals surface area contributed by atoms with Crippen molar-refractivity contribution < 1.29 is 4.39 Å². The van der Waals surface area contributed by atoms with Gasteiger partial charge in [0, 0.05) is 10.9 Å². The first kappa shape index (κ1) is 9.72. The van der Waals surface area contributed by atoms with Gasteiger partial charge in [0.25, 0.3) is 0 Å². The fourth-order valence-electron chi connectivity index (χ4n) is 1.09. The Labute approximate surface area is 80.9 Å². The molecule has 0 unspecified atom stereocenters. The lowest BCUT2D eigenvalue weighted by molar-refractivity contribution is 0.217. The molecule has 2 heteroatoms.